The van der Waals surface area contributed by atoms with Crippen LogP contribution in [0.1, 0.15) is 15.9 Å². The number of fused-ring (bicyclic) bond motifs is 8. The zero-order valence-electron chi connectivity index (χ0n) is 15.3. The van der Waals surface area contributed by atoms with Gasteiger partial charge in [0.15, 0.2) is 5.57 Å². The first kappa shape index (κ1) is 18.4. The van der Waals surface area contributed by atoms with Crippen LogP contribution in [-0.2, 0) is 18.0 Å². The lowest BCUT2D eigenvalue weighted by molar-refractivity contribution is -0.137. The van der Waals surface area contributed by atoms with Crippen molar-refractivity contribution in [2.45, 2.75) is 6.18 Å². The van der Waals surface area contributed by atoms with Gasteiger partial charge < -0.3 is 4.90 Å². The average Bonchev–Trinajstić information content (AvgIpc) is 3.24. The highest BCUT2D eigenvalue weighted by Crippen LogP contribution is 2.59. The van der Waals surface area contributed by atoms with E-state index in [4.69, 9.17) is 11.8 Å². The molecule has 5 nitrogen and oxygen atoms in total. The molecule has 0 saturated carbocycles. The Morgan fingerprint density at radius 2 is 1.86 bits per heavy atom. The number of carbonyl (C=O) groups is 1. The van der Waals surface area contributed by atoms with E-state index in [2.05, 4.69) is 4.98 Å². The van der Waals surface area contributed by atoms with Crippen molar-refractivity contribution in [1.29, 1.82) is 0 Å². The van der Waals surface area contributed by atoms with Crippen LogP contribution < -0.4 is 20.4 Å². The molecule has 0 radical (unpaired) electrons. The predicted molar refractivity (Wildman–Crippen MR) is 110 cm³/mol. The van der Waals surface area contributed by atoms with Gasteiger partial charge in [0.1, 0.15) is 6.19 Å². The van der Waals surface area contributed by atoms with Crippen LogP contribution >= 0.6 is 6.19 Å². The van der Waals surface area contributed by atoms with Gasteiger partial charge in [-0.15, -0.1) is 0 Å². The highest BCUT2D eigenvalue weighted by molar-refractivity contribution is 8.23. The van der Waals surface area contributed by atoms with Gasteiger partial charge in [-0.1, -0.05) is 11.8 Å². The number of aromatic nitrogens is 2. The Kier molecular flexibility index (Phi) is 3.62. The Labute approximate surface area is 169 Å². The number of hydrogen-bond donors (Lipinski definition) is 0. The second-order valence-electron chi connectivity index (χ2n) is 7.09. The lowest BCUT2D eigenvalue weighted by Crippen LogP contribution is -2.37. The van der Waals surface area contributed by atoms with Crippen LogP contribution in [0.15, 0.2) is 48.8 Å². The lowest BCUT2D eigenvalue weighted by atomic mass is 10.1. The first-order valence-electron chi connectivity index (χ1n) is 8.66. The molecule has 10 heteroatoms. The Balaban J connectivity index is 1.84. The highest BCUT2D eigenvalue weighted by Gasteiger charge is 2.51. The SMILES string of the molecule is CN(C)c1ccc2c(c1)C(=O)N1c3cc(C(F)(F)F)ccc3-n3ccnc3P21=S. The Bertz CT molecular complexity index is 1250. The zero-order chi connectivity index (χ0) is 20.7. The topological polar surface area (TPSA) is 41.4 Å². The van der Waals surface area contributed by atoms with Crippen molar-refractivity contribution in [2.75, 3.05) is 23.7 Å². The molecule has 3 heterocycles. The molecule has 148 valence electrons. The van der Waals surface area contributed by atoms with Gasteiger partial charge in [0.2, 0.25) is 0 Å². The van der Waals surface area contributed by atoms with Gasteiger partial charge in [0.05, 0.1) is 22.5 Å². The van der Waals surface area contributed by atoms with Crippen molar-refractivity contribution in [3.63, 3.8) is 0 Å². The third-order valence-electron chi connectivity index (χ3n) is 5.21. The van der Waals surface area contributed by atoms with E-state index >= 15 is 0 Å². The summed E-state index contributed by atoms with van der Waals surface area (Å²) >= 11 is 6.04. The summed E-state index contributed by atoms with van der Waals surface area (Å²) in [7, 11) is 3.70. The Morgan fingerprint density at radius 3 is 2.55 bits per heavy atom. The number of rotatable bonds is 1. The number of amides is 1. The van der Waals surface area contributed by atoms with E-state index in [1.54, 1.807) is 29.1 Å². The molecular formula is C19H14F3N4OPS. The van der Waals surface area contributed by atoms with Crippen molar-refractivity contribution >= 4 is 46.1 Å². The van der Waals surface area contributed by atoms with Crippen molar-refractivity contribution in [3.8, 4) is 5.69 Å². The third-order valence-corrected chi connectivity index (χ3v) is 9.66. The number of hydrogen-bond acceptors (Lipinski definition) is 4. The van der Waals surface area contributed by atoms with Crippen LogP contribution in [0.3, 0.4) is 0 Å². The van der Waals surface area contributed by atoms with Crippen LogP contribution in [0.2, 0.25) is 0 Å². The van der Waals surface area contributed by atoms with Gasteiger partial charge in [-0.05, 0) is 36.4 Å². The van der Waals surface area contributed by atoms with Gasteiger partial charge >= 0.3 is 6.18 Å². The molecule has 1 amide bonds. The normalized spacial score (nSPS) is 19.5. The number of benzene rings is 2. The summed E-state index contributed by atoms with van der Waals surface area (Å²) in [6.45, 7) is 0. The first-order chi connectivity index (χ1) is 13.6. The smallest absolute Gasteiger partial charge is 0.378 e. The number of imidazole rings is 1. The molecule has 0 fully saturated rings. The van der Waals surface area contributed by atoms with E-state index in [1.165, 1.54) is 10.7 Å². The average molecular weight is 434 g/mol. The zero-order valence-corrected chi connectivity index (χ0v) is 17.0. The highest BCUT2D eigenvalue weighted by atomic mass is 32.4. The summed E-state index contributed by atoms with van der Waals surface area (Å²) in [5.41, 5.74) is 1.55. The maximum Gasteiger partial charge on any atom is 0.416 e. The molecule has 2 aromatic carbocycles. The summed E-state index contributed by atoms with van der Waals surface area (Å²) in [6.07, 6.45) is -4.23. The molecule has 1 aromatic heterocycles. The first-order valence-corrected chi connectivity index (χ1v) is 11.4. The fourth-order valence-electron chi connectivity index (χ4n) is 3.83. The second-order valence-corrected chi connectivity index (χ2v) is 11.1. The summed E-state index contributed by atoms with van der Waals surface area (Å²) in [5.74, 6) is -0.387. The van der Waals surface area contributed by atoms with Crippen LogP contribution in [0.25, 0.3) is 5.69 Å². The fraction of sp³-hybridized carbons (Fsp3) is 0.158. The molecule has 0 spiro atoms. The number of nitrogens with zero attached hydrogens (tertiary/aromatic N) is 4. The molecule has 2 aliphatic heterocycles. The molecule has 1 atom stereocenters. The van der Waals surface area contributed by atoms with Gasteiger partial charge in [0, 0.05) is 37.5 Å². The van der Waals surface area contributed by atoms with Gasteiger partial charge in [-0.2, -0.15) is 13.2 Å². The fourth-order valence-corrected chi connectivity index (χ4v) is 8.09. The molecule has 0 N–H and O–H groups in total. The van der Waals surface area contributed by atoms with E-state index in [-0.39, 0.29) is 11.6 Å². The van der Waals surface area contributed by atoms with Crippen LogP contribution in [0.4, 0.5) is 24.5 Å². The number of anilines is 2. The maximum absolute atomic E-state index is 13.4. The molecular weight excluding hydrogens is 420 g/mol. The molecule has 1 unspecified atom stereocenters. The summed E-state index contributed by atoms with van der Waals surface area (Å²) in [6, 6.07) is 8.79. The van der Waals surface area contributed by atoms with E-state index in [0.717, 1.165) is 17.8 Å². The molecule has 0 bridgehead atoms. The minimum Gasteiger partial charge on any atom is -0.378 e. The summed E-state index contributed by atoms with van der Waals surface area (Å²) in [5, 5.41) is 0.651. The number of halogens is 3. The minimum absolute atomic E-state index is 0.168. The van der Waals surface area contributed by atoms with Crippen molar-refractivity contribution in [2.24, 2.45) is 0 Å². The monoisotopic (exact) mass is 434 g/mol. The molecule has 3 aromatic rings. The number of carbonyl (C=O) groups excluding carboxylic acids is 1. The van der Waals surface area contributed by atoms with E-state index in [9.17, 15) is 18.0 Å². The molecule has 0 aliphatic carbocycles. The third kappa shape index (κ3) is 2.31. The van der Waals surface area contributed by atoms with Crippen molar-refractivity contribution in [1.82, 2.24) is 9.55 Å². The molecule has 5 rings (SSSR count). The van der Waals surface area contributed by atoms with Crippen molar-refractivity contribution in [3.05, 3.63) is 59.9 Å². The van der Waals surface area contributed by atoms with E-state index < -0.39 is 17.9 Å². The molecule has 29 heavy (non-hydrogen) atoms. The Morgan fingerprint density at radius 1 is 1.10 bits per heavy atom. The molecule has 2 aliphatic rings. The minimum atomic E-state index is -4.53. The summed E-state index contributed by atoms with van der Waals surface area (Å²) < 4.78 is 43.2. The standard InChI is InChI=1S/C19H14F3N4OPS/c1-24(2)12-4-6-16-13(10-12)17(27)26-15-9-11(19(20,21)22)3-5-14(15)25-8-7-23-18(25)28(16,26)29/h3-10H,1-2H3. The van der Waals surface area contributed by atoms with Gasteiger partial charge in [-0.3, -0.25) is 14.0 Å². The quantitative estimate of drug-likeness (QED) is 0.552. The van der Waals surface area contributed by atoms with E-state index in [1.807, 2.05) is 25.1 Å². The maximum atomic E-state index is 13.4. The predicted octanol–water partition coefficient (Wildman–Crippen LogP) is 3.28. The number of alkyl halides is 3. The lowest BCUT2D eigenvalue weighted by Gasteiger charge is -2.35. The van der Waals surface area contributed by atoms with Gasteiger partial charge in [-0.25, -0.2) is 4.98 Å². The van der Waals surface area contributed by atoms with Gasteiger partial charge in [0.25, 0.3) is 5.91 Å². The summed E-state index contributed by atoms with van der Waals surface area (Å²) in [4.78, 5) is 19.7. The second kappa shape index (κ2) is 5.70. The van der Waals surface area contributed by atoms with Crippen molar-refractivity contribution < 1.29 is 18.0 Å². The van der Waals surface area contributed by atoms with E-state index in [0.29, 0.717) is 22.1 Å². The van der Waals surface area contributed by atoms with Crippen LogP contribution in [-0.4, -0.2) is 29.6 Å². The van der Waals surface area contributed by atoms with Crippen LogP contribution in [0, 0.1) is 0 Å². The largest absolute Gasteiger partial charge is 0.416 e. The Hall–Kier alpha value is -2.64. The molecule has 0 saturated heterocycles. The van der Waals surface area contributed by atoms with Crippen LogP contribution in [0.5, 0.6) is 0 Å².